The predicted octanol–water partition coefficient (Wildman–Crippen LogP) is 4.47. The summed E-state index contributed by atoms with van der Waals surface area (Å²) in [5.74, 6) is 0.798. The fourth-order valence-corrected chi connectivity index (χ4v) is 2.90. The van der Waals surface area contributed by atoms with Gasteiger partial charge in [0, 0.05) is 6.54 Å². The van der Waals surface area contributed by atoms with Crippen LogP contribution in [0.4, 0.5) is 0 Å². The lowest BCUT2D eigenvalue weighted by atomic mass is 9.97. The van der Waals surface area contributed by atoms with Gasteiger partial charge in [0.15, 0.2) is 6.10 Å². The lowest BCUT2D eigenvalue weighted by molar-refractivity contribution is -0.128. The highest BCUT2D eigenvalue weighted by Gasteiger charge is 2.19. The van der Waals surface area contributed by atoms with Crippen molar-refractivity contribution < 1.29 is 9.53 Å². The molecule has 1 aromatic carbocycles. The Labute approximate surface area is 140 Å². The summed E-state index contributed by atoms with van der Waals surface area (Å²) in [4.78, 5) is 12.4. The molecule has 0 saturated heterocycles. The summed E-state index contributed by atoms with van der Waals surface area (Å²) in [6.07, 6.45) is 8.51. The van der Waals surface area contributed by atoms with E-state index in [1.165, 1.54) is 31.3 Å². The summed E-state index contributed by atoms with van der Waals surface area (Å²) in [5, 5.41) is 3.03. The molecule has 1 N–H and O–H groups in total. The van der Waals surface area contributed by atoms with Gasteiger partial charge in [0.2, 0.25) is 0 Å². The van der Waals surface area contributed by atoms with Crippen LogP contribution in [0.25, 0.3) is 0 Å². The van der Waals surface area contributed by atoms with Gasteiger partial charge >= 0.3 is 0 Å². The van der Waals surface area contributed by atoms with Crippen LogP contribution in [0.15, 0.2) is 29.8 Å². The number of rotatable bonds is 7. The molecule has 0 heterocycles. The molecule has 0 aromatic heterocycles. The average molecular weight is 315 g/mol. The number of allylic oxidation sites excluding steroid dienone is 1. The molecule has 1 aromatic rings. The van der Waals surface area contributed by atoms with Crippen LogP contribution in [-0.2, 0) is 4.79 Å². The van der Waals surface area contributed by atoms with Gasteiger partial charge in [-0.2, -0.15) is 0 Å². The molecular weight excluding hydrogens is 286 g/mol. The first-order valence-electron chi connectivity index (χ1n) is 8.79. The maximum atomic E-state index is 12.4. The largest absolute Gasteiger partial charge is 0.480 e. The molecule has 0 saturated carbocycles. The van der Waals surface area contributed by atoms with Gasteiger partial charge in [0.25, 0.3) is 5.91 Å². The van der Waals surface area contributed by atoms with E-state index in [4.69, 9.17) is 4.74 Å². The third-order valence-electron chi connectivity index (χ3n) is 4.41. The summed E-state index contributed by atoms with van der Waals surface area (Å²) < 4.78 is 5.95. The van der Waals surface area contributed by atoms with E-state index >= 15 is 0 Å². The van der Waals surface area contributed by atoms with Gasteiger partial charge < -0.3 is 10.1 Å². The maximum Gasteiger partial charge on any atom is 0.261 e. The second-order valence-electron chi connectivity index (χ2n) is 6.43. The standard InChI is InChI=1S/C20H29NO2/c1-4-18(23-19-14-15(2)10-11-16(19)3)20(22)21-13-12-17-8-6-5-7-9-17/h8,10-11,14,18H,4-7,9,12-13H2,1-3H3,(H,21,22)/t18-/m1/s1. The normalized spacial score (nSPS) is 15.7. The molecule has 1 aliphatic rings. The minimum Gasteiger partial charge on any atom is -0.480 e. The zero-order valence-corrected chi connectivity index (χ0v) is 14.7. The summed E-state index contributed by atoms with van der Waals surface area (Å²) in [7, 11) is 0. The number of nitrogens with one attached hydrogen (secondary N) is 1. The summed E-state index contributed by atoms with van der Waals surface area (Å²) >= 11 is 0. The van der Waals surface area contributed by atoms with E-state index in [1.54, 1.807) is 0 Å². The Morgan fingerprint density at radius 2 is 2.13 bits per heavy atom. The first kappa shape index (κ1) is 17.6. The number of aryl methyl sites for hydroxylation is 2. The van der Waals surface area contributed by atoms with E-state index in [9.17, 15) is 4.79 Å². The van der Waals surface area contributed by atoms with Gasteiger partial charge in [0.05, 0.1) is 0 Å². The van der Waals surface area contributed by atoms with Crippen LogP contribution in [-0.4, -0.2) is 18.6 Å². The fraction of sp³-hybridized carbons (Fsp3) is 0.550. The van der Waals surface area contributed by atoms with E-state index in [2.05, 4.69) is 17.5 Å². The zero-order chi connectivity index (χ0) is 16.7. The smallest absolute Gasteiger partial charge is 0.261 e. The number of hydrogen-bond donors (Lipinski definition) is 1. The van der Waals surface area contributed by atoms with Gasteiger partial charge in [-0.15, -0.1) is 0 Å². The lowest BCUT2D eigenvalue weighted by Gasteiger charge is -2.19. The molecular formula is C20H29NO2. The summed E-state index contributed by atoms with van der Waals surface area (Å²) in [6, 6.07) is 6.09. The van der Waals surface area contributed by atoms with Crippen LogP contribution in [0.2, 0.25) is 0 Å². The van der Waals surface area contributed by atoms with E-state index < -0.39 is 6.10 Å². The van der Waals surface area contributed by atoms with E-state index in [-0.39, 0.29) is 5.91 Å². The van der Waals surface area contributed by atoms with Crippen LogP contribution >= 0.6 is 0 Å². The first-order chi connectivity index (χ1) is 11.1. The molecule has 3 heteroatoms. The number of carbonyl (C=O) groups is 1. The van der Waals surface area contributed by atoms with Crippen LogP contribution in [0.3, 0.4) is 0 Å². The number of hydrogen-bond acceptors (Lipinski definition) is 2. The molecule has 0 spiro atoms. The molecule has 1 amide bonds. The molecule has 1 aliphatic carbocycles. The lowest BCUT2D eigenvalue weighted by Crippen LogP contribution is -2.38. The predicted molar refractivity (Wildman–Crippen MR) is 94.8 cm³/mol. The SMILES string of the molecule is CC[C@@H](Oc1cc(C)ccc1C)C(=O)NCCC1=CCCCC1. The van der Waals surface area contributed by atoms with Crippen molar-refractivity contribution in [3.63, 3.8) is 0 Å². The maximum absolute atomic E-state index is 12.4. The molecule has 0 fully saturated rings. The van der Waals surface area contributed by atoms with Crippen molar-refractivity contribution in [3.8, 4) is 5.75 Å². The van der Waals surface area contributed by atoms with Crippen molar-refractivity contribution in [1.82, 2.24) is 5.32 Å². The molecule has 2 rings (SSSR count). The Kier molecular flexibility index (Phi) is 6.69. The molecule has 0 unspecified atom stereocenters. The highest BCUT2D eigenvalue weighted by molar-refractivity contribution is 5.81. The Morgan fingerprint density at radius 3 is 2.83 bits per heavy atom. The number of benzene rings is 1. The van der Waals surface area contributed by atoms with Gasteiger partial charge in [0.1, 0.15) is 5.75 Å². The van der Waals surface area contributed by atoms with E-state index in [0.717, 1.165) is 23.3 Å². The third-order valence-corrected chi connectivity index (χ3v) is 4.41. The van der Waals surface area contributed by atoms with Crippen molar-refractivity contribution in [2.45, 2.75) is 65.4 Å². The van der Waals surface area contributed by atoms with E-state index in [0.29, 0.717) is 13.0 Å². The highest BCUT2D eigenvalue weighted by Crippen LogP contribution is 2.22. The molecule has 1 atom stereocenters. The second kappa shape index (κ2) is 8.76. The quantitative estimate of drug-likeness (QED) is 0.754. The van der Waals surface area contributed by atoms with Crippen molar-refractivity contribution in [2.24, 2.45) is 0 Å². The topological polar surface area (TPSA) is 38.3 Å². The average Bonchev–Trinajstić information content (AvgIpc) is 2.56. The Balaban J connectivity index is 1.85. The molecule has 3 nitrogen and oxygen atoms in total. The number of amides is 1. The van der Waals surface area contributed by atoms with Crippen LogP contribution < -0.4 is 10.1 Å². The van der Waals surface area contributed by atoms with Gasteiger partial charge in [-0.25, -0.2) is 0 Å². The Bertz CT molecular complexity index is 563. The summed E-state index contributed by atoms with van der Waals surface area (Å²) in [6.45, 7) is 6.73. The van der Waals surface area contributed by atoms with Gasteiger partial charge in [-0.1, -0.05) is 30.7 Å². The Hall–Kier alpha value is -1.77. The first-order valence-corrected chi connectivity index (χ1v) is 8.79. The molecule has 23 heavy (non-hydrogen) atoms. The third kappa shape index (κ3) is 5.42. The van der Waals surface area contributed by atoms with Gasteiger partial charge in [-0.05, 0) is 69.6 Å². The van der Waals surface area contributed by atoms with E-state index in [1.807, 2.05) is 32.9 Å². The summed E-state index contributed by atoms with van der Waals surface area (Å²) in [5.41, 5.74) is 3.69. The van der Waals surface area contributed by atoms with Crippen molar-refractivity contribution in [1.29, 1.82) is 0 Å². The van der Waals surface area contributed by atoms with Crippen LogP contribution in [0.5, 0.6) is 5.75 Å². The molecule has 0 bridgehead atoms. The second-order valence-corrected chi connectivity index (χ2v) is 6.43. The minimum absolute atomic E-state index is 0.00943. The van der Waals surface area contributed by atoms with Crippen LogP contribution in [0.1, 0.15) is 56.6 Å². The Morgan fingerprint density at radius 1 is 1.30 bits per heavy atom. The van der Waals surface area contributed by atoms with Crippen molar-refractivity contribution >= 4 is 5.91 Å². The van der Waals surface area contributed by atoms with Crippen LogP contribution in [0, 0.1) is 13.8 Å². The number of ether oxygens (including phenoxy) is 1. The minimum atomic E-state index is -0.421. The highest BCUT2D eigenvalue weighted by atomic mass is 16.5. The number of carbonyl (C=O) groups excluding carboxylic acids is 1. The fourth-order valence-electron chi connectivity index (χ4n) is 2.90. The zero-order valence-electron chi connectivity index (χ0n) is 14.7. The van der Waals surface area contributed by atoms with Crippen molar-refractivity contribution in [3.05, 3.63) is 41.0 Å². The molecule has 0 radical (unpaired) electrons. The van der Waals surface area contributed by atoms with Crippen molar-refractivity contribution in [2.75, 3.05) is 6.54 Å². The molecule has 0 aliphatic heterocycles. The van der Waals surface area contributed by atoms with Gasteiger partial charge in [-0.3, -0.25) is 4.79 Å². The molecule has 126 valence electrons. The monoisotopic (exact) mass is 315 g/mol.